The minimum absolute atomic E-state index is 0.294. The molecule has 0 aliphatic carbocycles. The van der Waals surface area contributed by atoms with E-state index < -0.39 is 33.9 Å². The summed E-state index contributed by atoms with van der Waals surface area (Å²) in [5.41, 5.74) is -0.451. The van der Waals surface area contributed by atoms with Gasteiger partial charge in [0.25, 0.3) is 0 Å². The summed E-state index contributed by atoms with van der Waals surface area (Å²) in [5, 5.41) is 13.5. The van der Waals surface area contributed by atoms with E-state index in [0.717, 1.165) is 18.2 Å². The minimum atomic E-state index is -1.24. The molecule has 1 aromatic carbocycles. The molecule has 20 heavy (non-hydrogen) atoms. The summed E-state index contributed by atoms with van der Waals surface area (Å²) in [6, 6.07) is 5.81. The maximum Gasteiger partial charge on any atom is 0.331 e. The van der Waals surface area contributed by atoms with Crippen LogP contribution in [0.25, 0.3) is 0 Å². The summed E-state index contributed by atoms with van der Waals surface area (Å²) >= 11 is 0. The number of rotatable bonds is 4. The van der Waals surface area contributed by atoms with E-state index >= 15 is 0 Å². The van der Waals surface area contributed by atoms with Crippen LogP contribution in [-0.2, 0) is 0 Å². The second-order valence-corrected chi connectivity index (χ2v) is 3.68. The van der Waals surface area contributed by atoms with Crippen molar-refractivity contribution >= 4 is 11.5 Å². The molecule has 8 heteroatoms. The van der Waals surface area contributed by atoms with E-state index in [9.17, 15) is 18.9 Å². The van der Waals surface area contributed by atoms with Crippen molar-refractivity contribution in [2.45, 2.75) is 0 Å². The summed E-state index contributed by atoms with van der Waals surface area (Å²) in [6.07, 6.45) is 0. The van der Waals surface area contributed by atoms with E-state index in [1.165, 1.54) is 12.1 Å². The molecule has 0 bridgehead atoms. The van der Waals surface area contributed by atoms with Crippen LogP contribution in [0.3, 0.4) is 0 Å². The maximum absolute atomic E-state index is 13.5. The van der Waals surface area contributed by atoms with Crippen LogP contribution in [0.5, 0.6) is 11.6 Å². The molecule has 0 fully saturated rings. The van der Waals surface area contributed by atoms with Crippen LogP contribution in [0.15, 0.2) is 30.3 Å². The summed E-state index contributed by atoms with van der Waals surface area (Å²) in [4.78, 5) is 14.0. The molecular weight excluding hydrogens is 272 g/mol. The highest BCUT2D eigenvalue weighted by molar-refractivity contribution is 5.50. The molecule has 0 aliphatic heterocycles. The van der Waals surface area contributed by atoms with Crippen LogP contribution in [0, 0.1) is 21.7 Å². The summed E-state index contributed by atoms with van der Waals surface area (Å²) in [6.45, 7) is 0. The Labute approximate surface area is 112 Å². The lowest BCUT2D eigenvalue weighted by molar-refractivity contribution is -0.386. The Morgan fingerprint density at radius 1 is 1.30 bits per heavy atom. The van der Waals surface area contributed by atoms with Gasteiger partial charge in [0.15, 0.2) is 11.6 Å². The standard InChI is InChI=1S/C12H9F2N3O3/c1-15-10-6-5-8(17(18)19)12(16-10)20-9-4-2-3-7(13)11(9)14/h2-6H,1H3,(H,15,16). The molecule has 0 saturated carbocycles. The van der Waals surface area contributed by atoms with Gasteiger partial charge in [0, 0.05) is 13.1 Å². The normalized spacial score (nSPS) is 10.2. The molecule has 0 amide bonds. The molecule has 0 saturated heterocycles. The number of benzene rings is 1. The molecule has 1 heterocycles. The molecule has 0 unspecified atom stereocenters. The van der Waals surface area contributed by atoms with Crippen molar-refractivity contribution in [2.75, 3.05) is 12.4 Å². The van der Waals surface area contributed by atoms with Gasteiger partial charge in [-0.1, -0.05) is 6.07 Å². The number of nitro groups is 1. The van der Waals surface area contributed by atoms with E-state index in [0.29, 0.717) is 5.82 Å². The number of hydrogen-bond donors (Lipinski definition) is 1. The number of anilines is 1. The molecule has 104 valence electrons. The number of nitrogens with zero attached hydrogens (tertiary/aromatic N) is 2. The summed E-state index contributed by atoms with van der Waals surface area (Å²) in [5.74, 6) is -2.96. The van der Waals surface area contributed by atoms with Gasteiger partial charge in [-0.2, -0.15) is 9.37 Å². The fourth-order valence-corrected chi connectivity index (χ4v) is 1.45. The Balaban J connectivity index is 2.46. The highest BCUT2D eigenvalue weighted by Crippen LogP contribution is 2.32. The van der Waals surface area contributed by atoms with Gasteiger partial charge in [-0.15, -0.1) is 0 Å². The predicted octanol–water partition coefficient (Wildman–Crippen LogP) is 3.10. The highest BCUT2D eigenvalue weighted by Gasteiger charge is 2.20. The topological polar surface area (TPSA) is 77.3 Å². The fraction of sp³-hybridized carbons (Fsp3) is 0.0833. The quantitative estimate of drug-likeness (QED) is 0.688. The number of hydrogen-bond acceptors (Lipinski definition) is 5. The van der Waals surface area contributed by atoms with Crippen molar-refractivity contribution in [2.24, 2.45) is 0 Å². The maximum atomic E-state index is 13.5. The third-order valence-electron chi connectivity index (χ3n) is 2.42. The van der Waals surface area contributed by atoms with Gasteiger partial charge in [-0.25, -0.2) is 4.39 Å². The molecular formula is C12H9F2N3O3. The Morgan fingerprint density at radius 3 is 2.70 bits per heavy atom. The Hall–Kier alpha value is -2.77. The Kier molecular flexibility index (Phi) is 3.74. The van der Waals surface area contributed by atoms with Gasteiger partial charge in [0.2, 0.25) is 5.82 Å². The fourth-order valence-electron chi connectivity index (χ4n) is 1.45. The second-order valence-electron chi connectivity index (χ2n) is 3.68. The molecule has 0 spiro atoms. The smallest absolute Gasteiger partial charge is 0.331 e. The molecule has 1 N–H and O–H groups in total. The van der Waals surface area contributed by atoms with E-state index in [1.54, 1.807) is 7.05 Å². The lowest BCUT2D eigenvalue weighted by atomic mass is 10.3. The molecule has 6 nitrogen and oxygen atoms in total. The molecule has 1 aromatic heterocycles. The Bertz CT molecular complexity index is 664. The van der Waals surface area contributed by atoms with Crippen LogP contribution in [-0.4, -0.2) is 17.0 Å². The molecule has 0 aliphatic rings. The number of ether oxygens (including phenoxy) is 1. The molecule has 2 aromatic rings. The van der Waals surface area contributed by atoms with Gasteiger partial charge in [-0.3, -0.25) is 10.1 Å². The first-order chi connectivity index (χ1) is 9.52. The van der Waals surface area contributed by atoms with Crippen LogP contribution in [0.1, 0.15) is 0 Å². The van der Waals surface area contributed by atoms with Crippen LogP contribution in [0.2, 0.25) is 0 Å². The number of pyridine rings is 1. The second kappa shape index (κ2) is 5.47. The van der Waals surface area contributed by atoms with Crippen LogP contribution >= 0.6 is 0 Å². The number of aromatic nitrogens is 1. The minimum Gasteiger partial charge on any atom is -0.430 e. The summed E-state index contributed by atoms with van der Waals surface area (Å²) in [7, 11) is 1.56. The number of nitrogens with one attached hydrogen (secondary N) is 1. The average Bonchev–Trinajstić information content (AvgIpc) is 2.43. The molecule has 2 rings (SSSR count). The third kappa shape index (κ3) is 2.63. The van der Waals surface area contributed by atoms with Gasteiger partial charge in [0.1, 0.15) is 5.82 Å². The van der Waals surface area contributed by atoms with Crippen molar-refractivity contribution in [1.29, 1.82) is 0 Å². The first kappa shape index (κ1) is 13.7. The van der Waals surface area contributed by atoms with Crippen molar-refractivity contribution in [3.05, 3.63) is 52.1 Å². The van der Waals surface area contributed by atoms with Crippen molar-refractivity contribution in [3.63, 3.8) is 0 Å². The summed E-state index contributed by atoms with van der Waals surface area (Å²) < 4.78 is 31.6. The van der Waals surface area contributed by atoms with E-state index in [4.69, 9.17) is 4.74 Å². The number of halogens is 2. The lowest BCUT2D eigenvalue weighted by Crippen LogP contribution is -2.00. The van der Waals surface area contributed by atoms with Gasteiger partial charge >= 0.3 is 11.6 Å². The zero-order valence-corrected chi connectivity index (χ0v) is 10.3. The van der Waals surface area contributed by atoms with E-state index in [2.05, 4.69) is 10.3 Å². The largest absolute Gasteiger partial charge is 0.430 e. The predicted molar refractivity (Wildman–Crippen MR) is 66.9 cm³/mol. The van der Waals surface area contributed by atoms with E-state index in [1.807, 2.05) is 0 Å². The lowest BCUT2D eigenvalue weighted by Gasteiger charge is -2.08. The van der Waals surface area contributed by atoms with Crippen molar-refractivity contribution in [3.8, 4) is 11.6 Å². The highest BCUT2D eigenvalue weighted by atomic mass is 19.2. The molecule has 0 radical (unpaired) electrons. The monoisotopic (exact) mass is 281 g/mol. The molecule has 0 atom stereocenters. The first-order valence-electron chi connectivity index (χ1n) is 5.48. The van der Waals surface area contributed by atoms with Crippen molar-refractivity contribution in [1.82, 2.24) is 4.98 Å². The van der Waals surface area contributed by atoms with Crippen LogP contribution < -0.4 is 10.1 Å². The van der Waals surface area contributed by atoms with Gasteiger partial charge < -0.3 is 10.1 Å². The van der Waals surface area contributed by atoms with Gasteiger partial charge in [-0.05, 0) is 18.2 Å². The zero-order chi connectivity index (χ0) is 14.7. The first-order valence-corrected chi connectivity index (χ1v) is 5.48. The average molecular weight is 281 g/mol. The van der Waals surface area contributed by atoms with Crippen LogP contribution in [0.4, 0.5) is 20.3 Å². The van der Waals surface area contributed by atoms with E-state index in [-0.39, 0.29) is 0 Å². The third-order valence-corrected chi connectivity index (χ3v) is 2.42. The SMILES string of the molecule is CNc1ccc([N+](=O)[O-])c(Oc2cccc(F)c2F)n1. The zero-order valence-electron chi connectivity index (χ0n) is 10.3. The van der Waals surface area contributed by atoms with Gasteiger partial charge in [0.05, 0.1) is 4.92 Å². The van der Waals surface area contributed by atoms with Crippen molar-refractivity contribution < 1.29 is 18.4 Å². The Morgan fingerprint density at radius 2 is 2.05 bits per heavy atom.